The maximum Gasteiger partial charge on any atom is 0.244 e. The second kappa shape index (κ2) is 6.17. The Bertz CT molecular complexity index is 851. The number of hydrogen-bond acceptors (Lipinski definition) is 5. The Morgan fingerprint density at radius 2 is 2.00 bits per heavy atom. The number of nitrogens with zero attached hydrogens (tertiary/aromatic N) is 2. The second-order valence-electron chi connectivity index (χ2n) is 6.99. The van der Waals surface area contributed by atoms with Crippen LogP contribution in [0.2, 0.25) is 0 Å². The molecular weight excluding hydrogens is 316 g/mol. The molecule has 130 valence electrons. The first-order valence-electron chi connectivity index (χ1n) is 8.26. The number of fused-ring (bicyclic) bond motifs is 1. The number of H-pyrrole nitrogens is 1. The normalized spacial score (nSPS) is 16.8. The Hall–Kier alpha value is -2.94. The van der Waals surface area contributed by atoms with Crippen molar-refractivity contribution in [3.8, 4) is 17.7 Å². The van der Waals surface area contributed by atoms with Gasteiger partial charge in [0.2, 0.25) is 11.8 Å². The van der Waals surface area contributed by atoms with Gasteiger partial charge in [-0.1, -0.05) is 32.9 Å². The standard InChI is InChI=1S/C19H22N4O2/c1-5-24-12-8-6-11(7-9-12)14-13(10-20)17(21)25-18-15(14)16(22-23-18)19(2,3)4/h6-9,14H,5,21H2,1-4H3,(H,22,23)/t14-/m1/s1. The molecule has 0 spiro atoms. The van der Waals surface area contributed by atoms with Gasteiger partial charge in [-0.3, -0.25) is 5.10 Å². The van der Waals surface area contributed by atoms with Gasteiger partial charge in [0, 0.05) is 11.1 Å². The van der Waals surface area contributed by atoms with E-state index < -0.39 is 0 Å². The lowest BCUT2D eigenvalue weighted by Gasteiger charge is -2.27. The fourth-order valence-corrected chi connectivity index (χ4v) is 3.07. The van der Waals surface area contributed by atoms with Gasteiger partial charge in [-0.2, -0.15) is 5.26 Å². The zero-order valence-electron chi connectivity index (χ0n) is 14.9. The number of aromatic nitrogens is 2. The molecule has 6 nitrogen and oxygen atoms in total. The summed E-state index contributed by atoms with van der Waals surface area (Å²) in [4.78, 5) is 0. The number of benzene rings is 1. The largest absolute Gasteiger partial charge is 0.494 e. The molecule has 1 aliphatic heterocycles. The summed E-state index contributed by atoms with van der Waals surface area (Å²) in [6.07, 6.45) is 0. The van der Waals surface area contributed by atoms with Crippen LogP contribution in [0.25, 0.3) is 0 Å². The van der Waals surface area contributed by atoms with E-state index in [1.807, 2.05) is 31.2 Å². The number of allylic oxidation sites excluding steroid dienone is 1. The minimum absolute atomic E-state index is 0.0980. The Balaban J connectivity index is 2.16. The van der Waals surface area contributed by atoms with Crippen molar-refractivity contribution in [2.24, 2.45) is 5.73 Å². The Labute approximate surface area is 147 Å². The van der Waals surface area contributed by atoms with Crippen molar-refractivity contribution in [3.63, 3.8) is 0 Å². The molecule has 2 aromatic rings. The Morgan fingerprint density at radius 1 is 1.32 bits per heavy atom. The zero-order chi connectivity index (χ0) is 18.2. The highest BCUT2D eigenvalue weighted by molar-refractivity contribution is 5.56. The van der Waals surface area contributed by atoms with Crippen LogP contribution in [0.5, 0.6) is 11.6 Å². The van der Waals surface area contributed by atoms with Crippen molar-refractivity contribution in [2.45, 2.75) is 39.0 Å². The van der Waals surface area contributed by atoms with Crippen LogP contribution in [0.3, 0.4) is 0 Å². The highest BCUT2D eigenvalue weighted by atomic mass is 16.5. The van der Waals surface area contributed by atoms with Crippen LogP contribution in [0.1, 0.15) is 50.4 Å². The second-order valence-corrected chi connectivity index (χ2v) is 6.99. The molecule has 0 fully saturated rings. The number of hydrogen-bond donors (Lipinski definition) is 2. The third-order valence-corrected chi connectivity index (χ3v) is 4.21. The molecule has 0 amide bonds. The molecule has 1 aromatic carbocycles. The molecule has 1 atom stereocenters. The molecule has 0 unspecified atom stereocenters. The number of nitrogens with one attached hydrogen (secondary N) is 1. The molecule has 0 bridgehead atoms. The summed E-state index contributed by atoms with van der Waals surface area (Å²) in [5, 5.41) is 17.0. The summed E-state index contributed by atoms with van der Waals surface area (Å²) in [6.45, 7) is 8.81. The van der Waals surface area contributed by atoms with E-state index in [1.54, 1.807) is 0 Å². The predicted molar refractivity (Wildman–Crippen MR) is 94.2 cm³/mol. The van der Waals surface area contributed by atoms with Crippen molar-refractivity contribution in [1.29, 1.82) is 5.26 Å². The first-order valence-corrected chi connectivity index (χ1v) is 8.26. The first kappa shape index (κ1) is 16.9. The molecule has 0 saturated carbocycles. The van der Waals surface area contributed by atoms with Gasteiger partial charge in [0.15, 0.2) is 0 Å². The molecule has 1 aliphatic rings. The molecule has 3 rings (SSSR count). The van der Waals surface area contributed by atoms with Crippen molar-refractivity contribution in [3.05, 3.63) is 52.5 Å². The SMILES string of the molecule is CCOc1ccc([C@@H]2C(C#N)=C(N)Oc3n[nH]c(C(C)(C)C)c32)cc1. The molecular formula is C19H22N4O2. The lowest BCUT2D eigenvalue weighted by atomic mass is 9.79. The summed E-state index contributed by atoms with van der Waals surface area (Å²) in [5.41, 5.74) is 8.94. The summed E-state index contributed by atoms with van der Waals surface area (Å²) in [5.74, 6) is 0.996. The summed E-state index contributed by atoms with van der Waals surface area (Å²) >= 11 is 0. The fourth-order valence-electron chi connectivity index (χ4n) is 3.07. The predicted octanol–water partition coefficient (Wildman–Crippen LogP) is 3.32. The van der Waals surface area contributed by atoms with E-state index in [0.29, 0.717) is 18.1 Å². The van der Waals surface area contributed by atoms with E-state index in [9.17, 15) is 5.26 Å². The van der Waals surface area contributed by atoms with E-state index in [0.717, 1.165) is 22.6 Å². The lowest BCUT2D eigenvalue weighted by molar-refractivity contribution is 0.340. The molecule has 2 heterocycles. The van der Waals surface area contributed by atoms with Gasteiger partial charge in [0.05, 0.1) is 18.1 Å². The molecule has 1 aromatic heterocycles. The fraction of sp³-hybridized carbons (Fsp3) is 0.368. The summed E-state index contributed by atoms with van der Waals surface area (Å²) in [6, 6.07) is 9.91. The highest BCUT2D eigenvalue weighted by Gasteiger charge is 2.37. The monoisotopic (exact) mass is 338 g/mol. The zero-order valence-corrected chi connectivity index (χ0v) is 14.9. The molecule has 0 aliphatic carbocycles. The van der Waals surface area contributed by atoms with Crippen molar-refractivity contribution >= 4 is 0 Å². The molecule has 6 heteroatoms. The van der Waals surface area contributed by atoms with E-state index in [2.05, 4.69) is 37.0 Å². The van der Waals surface area contributed by atoms with Gasteiger partial charge in [-0.25, -0.2) is 0 Å². The van der Waals surface area contributed by atoms with Crippen molar-refractivity contribution < 1.29 is 9.47 Å². The van der Waals surface area contributed by atoms with E-state index >= 15 is 0 Å². The average molecular weight is 338 g/mol. The van der Waals surface area contributed by atoms with Crippen LogP contribution >= 0.6 is 0 Å². The van der Waals surface area contributed by atoms with Crippen LogP contribution in [0.4, 0.5) is 0 Å². The number of ether oxygens (including phenoxy) is 2. The minimum atomic E-state index is -0.322. The molecule has 3 N–H and O–H groups in total. The van der Waals surface area contributed by atoms with E-state index in [1.165, 1.54) is 0 Å². The van der Waals surface area contributed by atoms with Gasteiger partial charge in [0.25, 0.3) is 0 Å². The molecule has 25 heavy (non-hydrogen) atoms. The minimum Gasteiger partial charge on any atom is -0.494 e. The Morgan fingerprint density at radius 3 is 2.56 bits per heavy atom. The van der Waals surface area contributed by atoms with Crippen LogP contribution in [0, 0.1) is 11.3 Å². The van der Waals surface area contributed by atoms with Crippen LogP contribution in [-0.4, -0.2) is 16.8 Å². The van der Waals surface area contributed by atoms with E-state index in [4.69, 9.17) is 15.2 Å². The van der Waals surface area contributed by atoms with E-state index in [-0.39, 0.29) is 17.2 Å². The topological polar surface area (TPSA) is 96.9 Å². The summed E-state index contributed by atoms with van der Waals surface area (Å²) in [7, 11) is 0. The maximum atomic E-state index is 9.67. The third kappa shape index (κ3) is 2.93. The van der Waals surface area contributed by atoms with Crippen LogP contribution in [0.15, 0.2) is 35.7 Å². The number of nitriles is 1. The third-order valence-electron chi connectivity index (χ3n) is 4.21. The smallest absolute Gasteiger partial charge is 0.244 e. The molecule has 0 radical (unpaired) electrons. The highest BCUT2D eigenvalue weighted by Crippen LogP contribution is 2.45. The van der Waals surface area contributed by atoms with Gasteiger partial charge in [0.1, 0.15) is 17.4 Å². The van der Waals surface area contributed by atoms with Gasteiger partial charge in [-0.15, -0.1) is 5.10 Å². The summed E-state index contributed by atoms with van der Waals surface area (Å²) < 4.78 is 11.1. The van der Waals surface area contributed by atoms with Crippen molar-refractivity contribution in [1.82, 2.24) is 10.2 Å². The van der Waals surface area contributed by atoms with Gasteiger partial charge in [-0.05, 0) is 24.6 Å². The number of rotatable bonds is 3. The van der Waals surface area contributed by atoms with Crippen LogP contribution in [-0.2, 0) is 5.41 Å². The Kier molecular flexibility index (Phi) is 4.17. The quantitative estimate of drug-likeness (QED) is 0.895. The maximum absolute atomic E-state index is 9.67. The van der Waals surface area contributed by atoms with Gasteiger partial charge < -0.3 is 15.2 Å². The first-order chi connectivity index (χ1) is 11.9. The number of nitrogens with two attached hydrogens (primary N) is 1. The van der Waals surface area contributed by atoms with Crippen molar-refractivity contribution in [2.75, 3.05) is 6.61 Å². The molecule has 0 saturated heterocycles. The van der Waals surface area contributed by atoms with Crippen LogP contribution < -0.4 is 15.2 Å². The average Bonchev–Trinajstić information content (AvgIpc) is 2.98. The number of aromatic amines is 1. The van der Waals surface area contributed by atoms with Gasteiger partial charge >= 0.3 is 0 Å². The lowest BCUT2D eigenvalue weighted by Crippen LogP contribution is -2.23.